The molecule has 4 rings (SSSR count). The number of hydrogen-bond acceptors (Lipinski definition) is 5. The van der Waals surface area contributed by atoms with E-state index in [1.54, 1.807) is 0 Å². The Morgan fingerprint density at radius 3 is 2.53 bits per heavy atom. The number of ether oxygens (including phenoxy) is 2. The summed E-state index contributed by atoms with van der Waals surface area (Å²) in [6, 6.07) is -8.55. The molecular formula is C21H16F3N3O3. The van der Waals surface area contributed by atoms with E-state index in [0.717, 1.165) is 0 Å². The van der Waals surface area contributed by atoms with Crippen LogP contribution in [0.4, 0.5) is 13.2 Å². The van der Waals surface area contributed by atoms with E-state index >= 15 is 0 Å². The zero-order valence-corrected chi connectivity index (χ0v) is 14.6. The van der Waals surface area contributed by atoms with E-state index < -0.39 is 127 Å². The molecule has 1 aromatic heterocycles. The number of rotatable bonds is 4. The number of nitrogens with zero attached hydrogens (tertiary/aromatic N) is 3. The van der Waals surface area contributed by atoms with Crippen LogP contribution in [0, 0.1) is 0 Å². The molecule has 2 heterocycles. The second-order valence-corrected chi connectivity index (χ2v) is 5.53. The summed E-state index contributed by atoms with van der Waals surface area (Å²) in [5, 5.41) is 0. The molecule has 2 aromatic carbocycles. The molecule has 0 saturated heterocycles. The molecule has 30 heavy (non-hydrogen) atoms. The van der Waals surface area contributed by atoms with Gasteiger partial charge in [-0.15, -0.1) is 13.2 Å². The largest absolute Gasteiger partial charge is 0.573 e. The Kier molecular flexibility index (Phi) is 2.65. The third-order valence-corrected chi connectivity index (χ3v) is 3.56. The van der Waals surface area contributed by atoms with Gasteiger partial charge in [-0.05, 0) is 41.3 Å². The fraction of sp³-hybridized carbons (Fsp3) is 0.190. The molecule has 1 aliphatic rings. The molecular weight excluding hydrogens is 399 g/mol. The third kappa shape index (κ3) is 4.51. The van der Waals surface area contributed by atoms with Crippen LogP contribution in [0.2, 0.25) is 0 Å². The highest BCUT2D eigenvalue weighted by molar-refractivity contribution is 5.98. The van der Waals surface area contributed by atoms with Gasteiger partial charge in [-0.1, -0.05) is 18.1 Å². The predicted octanol–water partition coefficient (Wildman–Crippen LogP) is 4.08. The molecule has 9 heteroatoms. The van der Waals surface area contributed by atoms with Crippen molar-refractivity contribution >= 4 is 5.91 Å². The lowest BCUT2D eigenvalue weighted by Gasteiger charge is -2.19. The van der Waals surface area contributed by atoms with E-state index in [1.165, 1.54) is 0 Å². The van der Waals surface area contributed by atoms with Crippen LogP contribution in [0.15, 0.2) is 60.7 Å². The van der Waals surface area contributed by atoms with Crippen molar-refractivity contribution in [3.05, 3.63) is 72.1 Å². The molecule has 3 aromatic rings. The Morgan fingerprint density at radius 1 is 1.13 bits per heavy atom. The number of alkyl halides is 3. The maximum atomic E-state index is 13.7. The van der Waals surface area contributed by atoms with E-state index in [9.17, 15) is 18.0 Å². The van der Waals surface area contributed by atoms with Gasteiger partial charge in [0.05, 0.1) is 35.1 Å². The molecule has 0 atom stereocenters. The predicted molar refractivity (Wildman–Crippen MR) is 101 cm³/mol. The normalized spacial score (nSPS) is 21.3. The number of aromatic nitrogens is 2. The molecule has 6 nitrogen and oxygen atoms in total. The summed E-state index contributed by atoms with van der Waals surface area (Å²) < 4.78 is 145. The summed E-state index contributed by atoms with van der Waals surface area (Å²) >= 11 is 0. The number of halogens is 3. The monoisotopic (exact) mass is 427 g/mol. The maximum absolute atomic E-state index is 13.7. The van der Waals surface area contributed by atoms with Crippen molar-refractivity contribution in [3.63, 3.8) is 0 Å². The summed E-state index contributed by atoms with van der Waals surface area (Å²) in [6.07, 6.45) is -6.77. The minimum absolute atomic E-state index is 0.434. The van der Waals surface area contributed by atoms with Gasteiger partial charge in [0.1, 0.15) is 23.9 Å². The number of carbonyl (C=O) groups excluding carboxylic acids is 1. The minimum atomic E-state index is -5.38. The van der Waals surface area contributed by atoms with Gasteiger partial charge >= 0.3 is 6.36 Å². The van der Waals surface area contributed by atoms with Crippen molar-refractivity contribution in [2.45, 2.75) is 12.9 Å². The average molecular weight is 427 g/mol. The first-order valence-electron chi connectivity index (χ1n) is 14.0. The van der Waals surface area contributed by atoms with Crippen molar-refractivity contribution in [1.82, 2.24) is 14.9 Å². The fourth-order valence-electron chi connectivity index (χ4n) is 2.34. The second-order valence-electron chi connectivity index (χ2n) is 5.53. The van der Waals surface area contributed by atoms with Crippen LogP contribution in [0.25, 0.3) is 11.1 Å². The van der Waals surface area contributed by atoms with Crippen molar-refractivity contribution in [1.29, 1.82) is 0 Å². The van der Waals surface area contributed by atoms with Gasteiger partial charge in [-0.2, -0.15) is 0 Å². The van der Waals surface area contributed by atoms with Crippen LogP contribution < -0.4 is 9.47 Å². The Bertz CT molecular complexity index is 1600. The van der Waals surface area contributed by atoms with Crippen LogP contribution in [-0.4, -0.2) is 40.2 Å². The van der Waals surface area contributed by atoms with Crippen LogP contribution in [0.1, 0.15) is 32.6 Å². The Labute approximate surface area is 186 Å². The van der Waals surface area contributed by atoms with Gasteiger partial charge in [0.2, 0.25) is 0 Å². The standard InChI is InChI=1S/C21H16F3N3O3/c22-21(23,24)30-16-5-2-14(3-6-16)15-4-7-18-17(12-15)20(28)27(10-11-29-18)13-19-25-8-1-9-26-19/h1-9,12H,10-11,13H2/i1D,2D,3D,4D,5D,6D,7D,8D,9D,10D2,12D. The SMILES string of the molecule is [2H]c1nc(CN2C(=O)c3c([2H])c(-c4c([2H])c([2H])c(OC(F)(F)F)c([2H])c4[2H])c([2H])c([2H])c3OCC2([2H])[2H])nc([2H])c1[2H]. The van der Waals surface area contributed by atoms with Crippen LogP contribution >= 0.6 is 0 Å². The van der Waals surface area contributed by atoms with E-state index in [-0.39, 0.29) is 0 Å². The quantitative estimate of drug-likeness (QED) is 0.628. The summed E-state index contributed by atoms with van der Waals surface area (Å²) in [4.78, 5) is 21.5. The molecule has 1 aliphatic heterocycles. The van der Waals surface area contributed by atoms with Gasteiger partial charge < -0.3 is 14.4 Å². The van der Waals surface area contributed by atoms with Crippen molar-refractivity contribution in [2.24, 2.45) is 0 Å². The fourth-order valence-corrected chi connectivity index (χ4v) is 2.34. The highest BCUT2D eigenvalue weighted by Gasteiger charge is 2.31. The molecule has 0 bridgehead atoms. The summed E-state index contributed by atoms with van der Waals surface area (Å²) in [7, 11) is 0. The number of benzene rings is 2. The van der Waals surface area contributed by atoms with Crippen LogP contribution in [0.3, 0.4) is 0 Å². The van der Waals surface area contributed by atoms with Gasteiger partial charge in [-0.3, -0.25) is 4.79 Å². The number of amides is 1. The van der Waals surface area contributed by atoms with Gasteiger partial charge in [0.15, 0.2) is 0 Å². The first kappa shape index (κ1) is 9.92. The number of fused-ring (bicyclic) bond motifs is 1. The van der Waals surface area contributed by atoms with Gasteiger partial charge in [-0.25, -0.2) is 9.97 Å². The summed E-state index contributed by atoms with van der Waals surface area (Å²) in [6.45, 7) is -4.47. The first-order chi connectivity index (χ1) is 19.3. The summed E-state index contributed by atoms with van der Waals surface area (Å²) in [5.41, 5.74) is -2.61. The van der Waals surface area contributed by atoms with E-state index in [0.29, 0.717) is 4.90 Å². The Balaban J connectivity index is 1.96. The number of carbonyl (C=O) groups is 1. The zero-order chi connectivity index (χ0) is 31.6. The highest BCUT2D eigenvalue weighted by atomic mass is 19.4. The van der Waals surface area contributed by atoms with Crippen LogP contribution in [0.5, 0.6) is 11.5 Å². The Hall–Kier alpha value is -3.62. The van der Waals surface area contributed by atoms with E-state index in [1.807, 2.05) is 0 Å². The van der Waals surface area contributed by atoms with Crippen LogP contribution in [-0.2, 0) is 6.54 Å². The molecule has 0 fully saturated rings. The lowest BCUT2D eigenvalue weighted by Crippen LogP contribution is -2.32. The zero-order valence-electron chi connectivity index (χ0n) is 26.6. The minimum Gasteiger partial charge on any atom is -0.491 e. The lowest BCUT2D eigenvalue weighted by molar-refractivity contribution is -0.274. The highest BCUT2D eigenvalue weighted by Crippen LogP contribution is 2.31. The van der Waals surface area contributed by atoms with E-state index in [4.69, 9.17) is 21.2 Å². The lowest BCUT2D eigenvalue weighted by atomic mass is 10.0. The third-order valence-electron chi connectivity index (χ3n) is 3.56. The molecule has 0 aliphatic carbocycles. The van der Waals surface area contributed by atoms with Crippen molar-refractivity contribution in [2.75, 3.05) is 13.1 Å². The first-order valence-corrected chi connectivity index (χ1v) is 8.04. The topological polar surface area (TPSA) is 64.6 Å². The maximum Gasteiger partial charge on any atom is 0.573 e. The number of hydrogen-bond donors (Lipinski definition) is 0. The van der Waals surface area contributed by atoms with E-state index in [2.05, 4.69) is 14.7 Å². The smallest absolute Gasteiger partial charge is 0.491 e. The molecule has 154 valence electrons. The van der Waals surface area contributed by atoms with Gasteiger partial charge in [0, 0.05) is 12.3 Å². The van der Waals surface area contributed by atoms with Crippen molar-refractivity contribution < 1.29 is 43.9 Å². The molecule has 0 unspecified atom stereocenters. The van der Waals surface area contributed by atoms with Crippen molar-refractivity contribution in [3.8, 4) is 22.6 Å². The molecule has 1 amide bonds. The molecule has 0 spiro atoms. The molecule has 0 N–H and O–H groups in total. The summed E-state index contributed by atoms with van der Waals surface area (Å²) in [5.74, 6) is -4.00. The average Bonchev–Trinajstić information content (AvgIpc) is 2.98. The molecule has 0 saturated carbocycles. The Morgan fingerprint density at radius 2 is 1.83 bits per heavy atom. The molecule has 0 radical (unpaired) electrons. The van der Waals surface area contributed by atoms with Gasteiger partial charge in [0.25, 0.3) is 5.91 Å². The second kappa shape index (κ2) is 8.02.